The summed E-state index contributed by atoms with van der Waals surface area (Å²) in [5.74, 6) is 2.61. The summed E-state index contributed by atoms with van der Waals surface area (Å²) in [5, 5.41) is 9.58. The molecule has 1 aromatic heterocycles. The van der Waals surface area contributed by atoms with Gasteiger partial charge in [-0.3, -0.25) is 4.79 Å². The van der Waals surface area contributed by atoms with E-state index in [1.165, 1.54) is 0 Å². The largest absolute Gasteiger partial charge is 0.489 e. The number of anilines is 1. The van der Waals surface area contributed by atoms with Crippen molar-refractivity contribution in [3.8, 4) is 5.75 Å². The average Bonchev–Trinajstić information content (AvgIpc) is 3.24. The lowest BCUT2D eigenvalue weighted by Crippen LogP contribution is -2.31. The zero-order valence-corrected chi connectivity index (χ0v) is 20.0. The van der Waals surface area contributed by atoms with E-state index in [2.05, 4.69) is 12.2 Å². The molecular formula is C25H25ClN4O2S. The van der Waals surface area contributed by atoms with Gasteiger partial charge >= 0.3 is 0 Å². The highest BCUT2D eigenvalue weighted by Crippen LogP contribution is 2.40. The predicted molar refractivity (Wildman–Crippen MR) is 131 cm³/mol. The van der Waals surface area contributed by atoms with Gasteiger partial charge in [-0.15, -0.1) is 5.10 Å². The number of fused-ring (bicyclic) bond motifs is 1. The normalized spacial score (nSPS) is 17.4. The summed E-state index contributed by atoms with van der Waals surface area (Å²) < 4.78 is 7.81. The fourth-order valence-electron chi connectivity index (χ4n) is 4.19. The number of thioether (sulfide) groups is 1. The lowest BCUT2D eigenvalue weighted by Gasteiger charge is -2.32. The average molecular weight is 481 g/mol. The fourth-order valence-corrected chi connectivity index (χ4v) is 5.00. The van der Waals surface area contributed by atoms with Crippen LogP contribution in [-0.2, 0) is 11.4 Å². The Morgan fingerprint density at radius 2 is 1.94 bits per heavy atom. The van der Waals surface area contributed by atoms with E-state index in [1.54, 1.807) is 11.8 Å². The molecule has 0 bridgehead atoms. The van der Waals surface area contributed by atoms with Crippen molar-refractivity contribution >= 4 is 35.1 Å². The molecule has 1 N–H and O–H groups in total. The van der Waals surface area contributed by atoms with Gasteiger partial charge in [0.05, 0.1) is 0 Å². The van der Waals surface area contributed by atoms with E-state index in [0.717, 1.165) is 58.3 Å². The number of ether oxygens (including phenoxy) is 1. The van der Waals surface area contributed by atoms with Crippen LogP contribution >= 0.6 is 23.4 Å². The number of allylic oxidation sites excluding steroid dienone is 2. The van der Waals surface area contributed by atoms with Gasteiger partial charge in [0, 0.05) is 28.5 Å². The van der Waals surface area contributed by atoms with Crippen LogP contribution in [0.4, 0.5) is 5.95 Å². The van der Waals surface area contributed by atoms with E-state index in [4.69, 9.17) is 26.4 Å². The quantitative estimate of drug-likeness (QED) is 0.416. The Hall–Kier alpha value is -2.77. The molecular weight excluding hydrogens is 456 g/mol. The number of rotatable bonds is 7. The number of ketones is 1. The van der Waals surface area contributed by atoms with Crippen LogP contribution in [0.1, 0.15) is 49.8 Å². The van der Waals surface area contributed by atoms with Gasteiger partial charge in [0.15, 0.2) is 5.78 Å². The zero-order chi connectivity index (χ0) is 22.8. The molecule has 0 amide bonds. The summed E-state index contributed by atoms with van der Waals surface area (Å²) in [6, 6.07) is 15.3. The van der Waals surface area contributed by atoms with Gasteiger partial charge < -0.3 is 10.1 Å². The predicted octanol–water partition coefficient (Wildman–Crippen LogP) is 6.03. The van der Waals surface area contributed by atoms with E-state index in [9.17, 15) is 4.79 Å². The van der Waals surface area contributed by atoms with Crippen molar-refractivity contribution in [3.63, 3.8) is 0 Å². The molecule has 2 aromatic carbocycles. The minimum atomic E-state index is -0.280. The number of Topliss-reactive ketones (excluding diaryl/α,β-unsaturated/α-hetero) is 1. The van der Waals surface area contributed by atoms with E-state index in [-0.39, 0.29) is 11.8 Å². The van der Waals surface area contributed by atoms with Gasteiger partial charge in [0.1, 0.15) is 18.4 Å². The minimum Gasteiger partial charge on any atom is -0.489 e. The first-order valence-corrected chi connectivity index (χ1v) is 12.6. The Kier molecular flexibility index (Phi) is 6.42. The monoisotopic (exact) mass is 480 g/mol. The Bertz CT molecular complexity index is 1190. The molecule has 0 saturated carbocycles. The molecule has 3 aromatic rings. The maximum Gasteiger partial charge on any atom is 0.227 e. The summed E-state index contributed by atoms with van der Waals surface area (Å²) in [6.45, 7) is 2.60. The summed E-state index contributed by atoms with van der Waals surface area (Å²) in [5.41, 5.74) is 3.83. The third kappa shape index (κ3) is 4.66. The molecule has 33 heavy (non-hydrogen) atoms. The molecule has 6 nitrogen and oxygen atoms in total. The lowest BCUT2D eigenvalue weighted by atomic mass is 9.85. The number of aromatic nitrogens is 3. The summed E-state index contributed by atoms with van der Waals surface area (Å²) in [6.07, 6.45) is 3.33. The maximum absolute atomic E-state index is 13.0. The molecule has 8 heteroatoms. The molecule has 2 aliphatic rings. The molecule has 0 saturated heterocycles. The third-order valence-electron chi connectivity index (χ3n) is 5.80. The van der Waals surface area contributed by atoms with Crippen molar-refractivity contribution in [1.82, 2.24) is 14.8 Å². The van der Waals surface area contributed by atoms with Crippen LogP contribution in [-0.4, -0.2) is 26.3 Å². The Balaban J connectivity index is 1.42. The number of carbonyl (C=O) groups excluding carboxylic acids is 1. The second-order valence-electron chi connectivity index (χ2n) is 8.19. The molecule has 1 aliphatic heterocycles. The molecule has 2 heterocycles. The number of hydrogen-bond acceptors (Lipinski definition) is 6. The van der Waals surface area contributed by atoms with Gasteiger partial charge in [-0.25, -0.2) is 4.68 Å². The van der Waals surface area contributed by atoms with Gasteiger partial charge in [-0.1, -0.05) is 54.6 Å². The minimum absolute atomic E-state index is 0.181. The molecule has 170 valence electrons. The van der Waals surface area contributed by atoms with Crippen molar-refractivity contribution in [2.24, 2.45) is 0 Å². The highest BCUT2D eigenvalue weighted by Gasteiger charge is 2.36. The van der Waals surface area contributed by atoms with E-state index >= 15 is 0 Å². The van der Waals surface area contributed by atoms with Crippen molar-refractivity contribution in [1.29, 1.82) is 0 Å². The number of hydrogen-bond donors (Lipinski definition) is 1. The Morgan fingerprint density at radius 3 is 2.70 bits per heavy atom. The van der Waals surface area contributed by atoms with E-state index in [1.807, 2.05) is 53.2 Å². The van der Waals surface area contributed by atoms with E-state index in [0.29, 0.717) is 24.0 Å². The van der Waals surface area contributed by atoms with Crippen LogP contribution in [0.25, 0.3) is 0 Å². The molecule has 0 spiro atoms. The first kappa shape index (κ1) is 22.0. The molecule has 5 rings (SSSR count). The van der Waals surface area contributed by atoms with Crippen LogP contribution in [0.15, 0.2) is 65.0 Å². The second kappa shape index (κ2) is 9.61. The fraction of sp³-hybridized carbons (Fsp3) is 0.320. The first-order chi connectivity index (χ1) is 16.1. The molecule has 0 radical (unpaired) electrons. The van der Waals surface area contributed by atoms with Gasteiger partial charge in [-0.05, 0) is 54.7 Å². The van der Waals surface area contributed by atoms with E-state index < -0.39 is 0 Å². The van der Waals surface area contributed by atoms with Crippen molar-refractivity contribution < 1.29 is 9.53 Å². The van der Waals surface area contributed by atoms with Crippen molar-refractivity contribution in [2.75, 3.05) is 11.1 Å². The summed E-state index contributed by atoms with van der Waals surface area (Å²) in [4.78, 5) is 17.6. The Morgan fingerprint density at radius 1 is 1.15 bits per heavy atom. The SMILES string of the molecule is CCCSc1nc2n(n1)C(c1ccc(OCc3ccc(Cl)cc3)cc1)C1=C(CCCC1=O)N2. The number of benzene rings is 2. The van der Waals surface area contributed by atoms with Crippen molar-refractivity contribution in [2.45, 2.75) is 50.4 Å². The van der Waals surface area contributed by atoms with Gasteiger partial charge in [0.2, 0.25) is 11.1 Å². The number of halogens is 1. The molecule has 1 aliphatic carbocycles. The Labute approximate surface area is 202 Å². The number of nitrogens with zero attached hydrogens (tertiary/aromatic N) is 3. The van der Waals surface area contributed by atoms with Crippen LogP contribution in [0.2, 0.25) is 5.02 Å². The first-order valence-electron chi connectivity index (χ1n) is 11.2. The molecule has 0 fully saturated rings. The molecule has 1 atom stereocenters. The smallest absolute Gasteiger partial charge is 0.227 e. The van der Waals surface area contributed by atoms with Crippen molar-refractivity contribution in [3.05, 3.63) is 76.0 Å². The third-order valence-corrected chi connectivity index (χ3v) is 7.09. The van der Waals surface area contributed by atoms with Crippen LogP contribution in [0.3, 0.4) is 0 Å². The van der Waals surface area contributed by atoms with Crippen LogP contribution < -0.4 is 10.1 Å². The number of carbonyl (C=O) groups is 1. The number of nitrogens with one attached hydrogen (secondary N) is 1. The van der Waals surface area contributed by atoms with Gasteiger partial charge in [0.25, 0.3) is 0 Å². The van der Waals surface area contributed by atoms with Crippen LogP contribution in [0, 0.1) is 0 Å². The molecule has 1 unspecified atom stereocenters. The second-order valence-corrected chi connectivity index (χ2v) is 9.69. The zero-order valence-electron chi connectivity index (χ0n) is 18.4. The van der Waals surface area contributed by atoms with Crippen LogP contribution in [0.5, 0.6) is 5.75 Å². The standard InChI is InChI=1S/C25H25ClN4O2S/c1-2-14-33-25-28-24-27-20-4-3-5-21(31)22(20)23(30(24)29-25)17-8-12-19(13-9-17)32-15-16-6-10-18(26)11-7-16/h6-13,23H,2-5,14-15H2,1H3,(H,27,28,29). The highest BCUT2D eigenvalue weighted by atomic mass is 35.5. The lowest BCUT2D eigenvalue weighted by molar-refractivity contribution is -0.116. The topological polar surface area (TPSA) is 69.0 Å². The maximum atomic E-state index is 13.0. The van der Waals surface area contributed by atoms with Gasteiger partial charge in [-0.2, -0.15) is 4.98 Å². The summed E-state index contributed by atoms with van der Waals surface area (Å²) >= 11 is 7.59. The highest BCUT2D eigenvalue weighted by molar-refractivity contribution is 7.99. The summed E-state index contributed by atoms with van der Waals surface area (Å²) in [7, 11) is 0.